The van der Waals surface area contributed by atoms with Crippen LogP contribution in [-0.4, -0.2) is 24.0 Å². The van der Waals surface area contributed by atoms with E-state index in [2.05, 4.69) is 20.9 Å². The number of urea groups is 1. The van der Waals surface area contributed by atoms with Crippen LogP contribution in [0.1, 0.15) is 10.5 Å². The molecule has 0 saturated carbocycles. The molecular formula is C14H15N5O2. The number of hydrogen-bond acceptors (Lipinski definition) is 4. The van der Waals surface area contributed by atoms with Gasteiger partial charge in [-0.3, -0.25) is 4.79 Å². The fourth-order valence-corrected chi connectivity index (χ4v) is 1.63. The molecule has 3 amide bonds. The third-order valence-electron chi connectivity index (χ3n) is 2.68. The molecule has 0 fully saturated rings. The van der Waals surface area contributed by atoms with Crippen LogP contribution >= 0.6 is 0 Å². The van der Waals surface area contributed by atoms with Gasteiger partial charge in [-0.1, -0.05) is 0 Å². The van der Waals surface area contributed by atoms with Crippen LogP contribution in [0.2, 0.25) is 0 Å². The summed E-state index contributed by atoms with van der Waals surface area (Å²) in [6, 6.07) is 9.64. The van der Waals surface area contributed by atoms with Gasteiger partial charge in [0.15, 0.2) is 5.69 Å². The summed E-state index contributed by atoms with van der Waals surface area (Å²) in [6.07, 6.45) is 1.50. The van der Waals surface area contributed by atoms with Crippen LogP contribution in [0, 0.1) is 0 Å². The molecule has 0 aliphatic rings. The number of carbonyl (C=O) groups excluding carboxylic acids is 2. The number of amides is 3. The van der Waals surface area contributed by atoms with Gasteiger partial charge in [0.2, 0.25) is 0 Å². The lowest BCUT2D eigenvalue weighted by Gasteiger charge is -2.08. The van der Waals surface area contributed by atoms with Crippen molar-refractivity contribution in [3.8, 4) is 0 Å². The first kappa shape index (κ1) is 14.3. The van der Waals surface area contributed by atoms with Crippen LogP contribution < -0.4 is 21.7 Å². The fourth-order valence-electron chi connectivity index (χ4n) is 1.63. The standard InChI is InChI=1S/C14H15N5O2/c1-16-14(21)19-10-6-4-9(5-7-10)18-13(20)12-11(15)3-2-8-17-12/h2-8H,15H2,1H3,(H,18,20)(H2,16,19,21). The topological polar surface area (TPSA) is 109 Å². The molecule has 1 aromatic carbocycles. The molecule has 0 atom stereocenters. The van der Waals surface area contributed by atoms with E-state index in [1.165, 1.54) is 13.2 Å². The van der Waals surface area contributed by atoms with Crippen LogP contribution in [0.3, 0.4) is 0 Å². The summed E-state index contributed by atoms with van der Waals surface area (Å²) in [5, 5.41) is 7.75. The molecule has 0 radical (unpaired) electrons. The maximum Gasteiger partial charge on any atom is 0.318 e. The summed E-state index contributed by atoms with van der Waals surface area (Å²) >= 11 is 0. The quantitative estimate of drug-likeness (QED) is 0.687. The lowest BCUT2D eigenvalue weighted by atomic mass is 10.2. The van der Waals surface area contributed by atoms with E-state index in [0.717, 1.165) is 0 Å². The predicted molar refractivity (Wildman–Crippen MR) is 81.1 cm³/mol. The first-order valence-electron chi connectivity index (χ1n) is 6.21. The lowest BCUT2D eigenvalue weighted by molar-refractivity contribution is 0.102. The highest BCUT2D eigenvalue weighted by Crippen LogP contribution is 2.15. The maximum absolute atomic E-state index is 12.0. The predicted octanol–water partition coefficient (Wildman–Crippen LogP) is 1.67. The maximum atomic E-state index is 12.0. The molecular weight excluding hydrogens is 270 g/mol. The highest BCUT2D eigenvalue weighted by molar-refractivity contribution is 6.06. The molecule has 0 saturated heterocycles. The Labute approximate surface area is 121 Å². The number of carbonyl (C=O) groups is 2. The number of anilines is 3. The van der Waals surface area contributed by atoms with Crippen molar-refractivity contribution >= 4 is 29.0 Å². The van der Waals surface area contributed by atoms with Crippen molar-refractivity contribution in [2.75, 3.05) is 23.4 Å². The molecule has 0 aliphatic heterocycles. The number of nitrogens with one attached hydrogen (secondary N) is 3. The number of nitrogens with two attached hydrogens (primary N) is 1. The van der Waals surface area contributed by atoms with E-state index in [9.17, 15) is 9.59 Å². The van der Waals surface area contributed by atoms with Crippen LogP contribution in [0.5, 0.6) is 0 Å². The van der Waals surface area contributed by atoms with Crippen molar-refractivity contribution in [3.63, 3.8) is 0 Å². The van der Waals surface area contributed by atoms with Crippen LogP contribution in [-0.2, 0) is 0 Å². The van der Waals surface area contributed by atoms with Gasteiger partial charge in [-0.25, -0.2) is 9.78 Å². The number of aromatic nitrogens is 1. The van der Waals surface area contributed by atoms with Gasteiger partial charge in [-0.2, -0.15) is 0 Å². The summed E-state index contributed by atoms with van der Waals surface area (Å²) in [7, 11) is 1.53. The average molecular weight is 285 g/mol. The number of pyridine rings is 1. The summed E-state index contributed by atoms with van der Waals surface area (Å²) in [5.74, 6) is -0.389. The molecule has 0 bridgehead atoms. The Kier molecular flexibility index (Phi) is 4.35. The number of nitrogens with zero attached hydrogens (tertiary/aromatic N) is 1. The van der Waals surface area contributed by atoms with Crippen molar-refractivity contribution in [2.24, 2.45) is 0 Å². The van der Waals surface area contributed by atoms with Gasteiger partial charge >= 0.3 is 6.03 Å². The van der Waals surface area contributed by atoms with Crippen molar-refractivity contribution in [3.05, 3.63) is 48.3 Å². The Balaban J connectivity index is 2.05. The molecule has 7 heteroatoms. The van der Waals surface area contributed by atoms with E-state index in [0.29, 0.717) is 17.1 Å². The Bertz CT molecular complexity index is 655. The number of nitrogen functional groups attached to an aromatic ring is 1. The zero-order valence-corrected chi connectivity index (χ0v) is 11.4. The second kappa shape index (κ2) is 6.38. The van der Waals surface area contributed by atoms with Gasteiger partial charge in [0, 0.05) is 24.6 Å². The number of rotatable bonds is 3. The van der Waals surface area contributed by atoms with Crippen LogP contribution in [0.25, 0.3) is 0 Å². The molecule has 2 rings (SSSR count). The summed E-state index contributed by atoms with van der Waals surface area (Å²) in [4.78, 5) is 27.1. The summed E-state index contributed by atoms with van der Waals surface area (Å²) in [5.41, 5.74) is 7.37. The minimum absolute atomic E-state index is 0.171. The highest BCUT2D eigenvalue weighted by Gasteiger charge is 2.10. The van der Waals surface area contributed by atoms with Crippen molar-refractivity contribution < 1.29 is 9.59 Å². The second-order valence-corrected chi connectivity index (χ2v) is 4.18. The number of hydrogen-bond donors (Lipinski definition) is 4. The second-order valence-electron chi connectivity index (χ2n) is 4.18. The SMILES string of the molecule is CNC(=O)Nc1ccc(NC(=O)c2ncccc2N)cc1. The molecule has 0 unspecified atom stereocenters. The summed E-state index contributed by atoms with van der Waals surface area (Å²) < 4.78 is 0. The van der Waals surface area contributed by atoms with E-state index < -0.39 is 0 Å². The average Bonchev–Trinajstić information content (AvgIpc) is 2.49. The van der Waals surface area contributed by atoms with Gasteiger partial charge in [-0.15, -0.1) is 0 Å². The van der Waals surface area contributed by atoms with Crippen molar-refractivity contribution in [1.29, 1.82) is 0 Å². The largest absolute Gasteiger partial charge is 0.397 e. The van der Waals surface area contributed by atoms with Gasteiger partial charge < -0.3 is 21.7 Å². The first-order chi connectivity index (χ1) is 10.1. The van der Waals surface area contributed by atoms with E-state index in [1.807, 2.05) is 0 Å². The first-order valence-corrected chi connectivity index (χ1v) is 6.21. The molecule has 0 spiro atoms. The molecule has 108 valence electrons. The van der Waals surface area contributed by atoms with E-state index in [1.54, 1.807) is 36.4 Å². The fraction of sp³-hybridized carbons (Fsp3) is 0.0714. The van der Waals surface area contributed by atoms with Gasteiger partial charge in [0.05, 0.1) is 5.69 Å². The highest BCUT2D eigenvalue weighted by atomic mass is 16.2. The van der Waals surface area contributed by atoms with Crippen molar-refractivity contribution in [1.82, 2.24) is 10.3 Å². The van der Waals surface area contributed by atoms with Gasteiger partial charge in [0.25, 0.3) is 5.91 Å². The summed E-state index contributed by atoms with van der Waals surface area (Å²) in [6.45, 7) is 0. The molecule has 0 aliphatic carbocycles. The smallest absolute Gasteiger partial charge is 0.318 e. The normalized spacial score (nSPS) is 9.76. The van der Waals surface area contributed by atoms with E-state index >= 15 is 0 Å². The third-order valence-corrected chi connectivity index (χ3v) is 2.68. The monoisotopic (exact) mass is 285 g/mol. The Morgan fingerprint density at radius 1 is 1.05 bits per heavy atom. The third kappa shape index (κ3) is 3.69. The molecule has 7 nitrogen and oxygen atoms in total. The molecule has 1 aromatic heterocycles. The van der Waals surface area contributed by atoms with Gasteiger partial charge in [-0.05, 0) is 36.4 Å². The molecule has 1 heterocycles. The van der Waals surface area contributed by atoms with Crippen LogP contribution in [0.4, 0.5) is 21.9 Å². The molecule has 5 N–H and O–H groups in total. The lowest BCUT2D eigenvalue weighted by Crippen LogP contribution is -2.24. The molecule has 2 aromatic rings. The van der Waals surface area contributed by atoms with E-state index in [4.69, 9.17) is 5.73 Å². The minimum atomic E-state index is -0.389. The minimum Gasteiger partial charge on any atom is -0.397 e. The molecule has 21 heavy (non-hydrogen) atoms. The van der Waals surface area contributed by atoms with E-state index in [-0.39, 0.29) is 17.6 Å². The Morgan fingerprint density at radius 2 is 1.67 bits per heavy atom. The number of benzene rings is 1. The zero-order chi connectivity index (χ0) is 15.2. The van der Waals surface area contributed by atoms with Gasteiger partial charge in [0.1, 0.15) is 0 Å². The zero-order valence-electron chi connectivity index (χ0n) is 11.4. The van der Waals surface area contributed by atoms with Crippen LogP contribution in [0.15, 0.2) is 42.6 Å². The Hall–Kier alpha value is -3.09. The van der Waals surface area contributed by atoms with Crippen molar-refractivity contribution in [2.45, 2.75) is 0 Å². The Morgan fingerprint density at radius 3 is 2.24 bits per heavy atom.